The van der Waals surface area contributed by atoms with Gasteiger partial charge in [0.1, 0.15) is 6.61 Å². The first-order valence-corrected chi connectivity index (χ1v) is 2.89. The maximum atomic E-state index is 9.12. The molecule has 0 bridgehead atoms. The first kappa shape index (κ1) is 17.0. The van der Waals surface area contributed by atoms with Crippen LogP contribution in [0.5, 0.6) is 0 Å². The van der Waals surface area contributed by atoms with Crippen LogP contribution in [0.25, 0.3) is 0 Å². The minimum Gasteiger partial charge on any atom is -1.00 e. The predicted molar refractivity (Wildman–Crippen MR) is 38.7 cm³/mol. The normalized spacial score (nSPS) is 8.82. The van der Waals surface area contributed by atoms with Crippen LogP contribution in [0.3, 0.4) is 0 Å². The molecule has 0 aromatic heterocycles. The number of carboxylic acids is 1. The maximum absolute atomic E-state index is 9.12. The van der Waals surface area contributed by atoms with Crippen LogP contribution in [0.4, 0.5) is 0 Å². The Kier molecular flexibility index (Phi) is 12.0. The van der Waals surface area contributed by atoms with Crippen molar-refractivity contribution in [3.8, 4) is 0 Å². The number of aliphatic carboxylic acids is 1. The molecule has 0 aliphatic carbocycles. The Bertz CT molecular complexity index is 94.5. The molecule has 5 heteroatoms. The molecule has 0 rings (SSSR count). The van der Waals surface area contributed by atoms with Crippen LogP contribution in [-0.2, 0) is 4.79 Å². The van der Waals surface area contributed by atoms with Crippen molar-refractivity contribution in [2.75, 3.05) is 34.8 Å². The van der Waals surface area contributed by atoms with Gasteiger partial charge < -0.3 is 27.1 Å². The van der Waals surface area contributed by atoms with Crippen molar-refractivity contribution in [1.82, 2.24) is 0 Å². The molecule has 0 saturated heterocycles. The lowest BCUT2D eigenvalue weighted by molar-refractivity contribution is -0.849. The van der Waals surface area contributed by atoms with E-state index in [0.29, 0.717) is 0 Å². The van der Waals surface area contributed by atoms with Crippen LogP contribution in [0.2, 0.25) is 0 Å². The highest BCUT2D eigenvalue weighted by Gasteiger charge is 1.88. The molecule has 0 unspecified atom stereocenters. The fraction of sp³-hybridized carbons (Fsp3) is 0.833. The number of rotatable bonds is 1. The van der Waals surface area contributed by atoms with Gasteiger partial charge >= 0.3 is 5.97 Å². The van der Waals surface area contributed by atoms with Crippen LogP contribution in [0.1, 0.15) is 0 Å². The van der Waals surface area contributed by atoms with Crippen molar-refractivity contribution in [3.05, 3.63) is 0 Å². The highest BCUT2D eigenvalue weighted by Crippen LogP contribution is 1.73. The molecule has 0 fully saturated rings. The van der Waals surface area contributed by atoms with Gasteiger partial charge in [0.25, 0.3) is 0 Å². The Hall–Kier alpha value is -0.320. The van der Waals surface area contributed by atoms with Crippen molar-refractivity contribution in [1.29, 1.82) is 0 Å². The van der Waals surface area contributed by atoms with E-state index >= 15 is 0 Å². The predicted octanol–water partition coefficient (Wildman–Crippen LogP) is -3.61. The van der Waals surface area contributed by atoms with Crippen molar-refractivity contribution in [2.45, 2.75) is 0 Å². The Morgan fingerprint density at radius 3 is 1.36 bits per heavy atom. The molecule has 0 aliphatic rings. The van der Waals surface area contributed by atoms with Crippen molar-refractivity contribution in [3.63, 3.8) is 0 Å². The molecular formula is C6H16ClNO3. The fourth-order valence-corrected chi connectivity index (χ4v) is 0. The smallest absolute Gasteiger partial charge is 0.329 e. The summed E-state index contributed by atoms with van der Waals surface area (Å²) in [4.78, 5) is 9.12. The van der Waals surface area contributed by atoms with Crippen molar-refractivity contribution >= 4 is 5.97 Å². The summed E-state index contributed by atoms with van der Waals surface area (Å²) >= 11 is 0. The molecule has 0 radical (unpaired) electrons. The first-order chi connectivity index (χ1) is 4.27. The van der Waals surface area contributed by atoms with E-state index in [1.807, 2.05) is 0 Å². The first-order valence-electron chi connectivity index (χ1n) is 2.89. The zero-order chi connectivity index (χ0) is 8.78. The number of carbonyl (C=O) groups is 1. The van der Waals surface area contributed by atoms with Gasteiger partial charge in [0, 0.05) is 0 Å². The Morgan fingerprint density at radius 1 is 1.27 bits per heavy atom. The number of aliphatic hydroxyl groups is 1. The third-order valence-electron chi connectivity index (χ3n) is 0.135. The second kappa shape index (κ2) is 7.78. The SMILES string of the molecule is C[N+](C)(C)C.O=C(O)CO.[Cl-]. The van der Waals surface area contributed by atoms with E-state index in [-0.39, 0.29) is 12.4 Å². The lowest BCUT2D eigenvalue weighted by Gasteiger charge is -2.14. The van der Waals surface area contributed by atoms with Gasteiger partial charge in [0.2, 0.25) is 0 Å². The van der Waals surface area contributed by atoms with Gasteiger partial charge in [-0.25, -0.2) is 4.79 Å². The van der Waals surface area contributed by atoms with Crippen molar-refractivity contribution in [2.24, 2.45) is 0 Å². The molecule has 0 aromatic rings. The van der Waals surface area contributed by atoms with E-state index in [1.54, 1.807) is 0 Å². The molecule has 0 aliphatic heterocycles. The lowest BCUT2D eigenvalue weighted by Crippen LogP contribution is -3.00. The van der Waals surface area contributed by atoms with Crippen LogP contribution < -0.4 is 12.4 Å². The quantitative estimate of drug-likeness (QED) is 0.415. The van der Waals surface area contributed by atoms with Crippen LogP contribution in [0.15, 0.2) is 0 Å². The summed E-state index contributed by atoms with van der Waals surface area (Å²) < 4.78 is 1.00. The summed E-state index contributed by atoms with van der Waals surface area (Å²) in [6.07, 6.45) is 0. The molecule has 11 heavy (non-hydrogen) atoms. The van der Waals surface area contributed by atoms with Crippen LogP contribution >= 0.6 is 0 Å². The van der Waals surface area contributed by atoms with Gasteiger partial charge in [-0.1, -0.05) is 0 Å². The van der Waals surface area contributed by atoms with Crippen LogP contribution in [0, 0.1) is 0 Å². The Balaban J connectivity index is -0.000000107. The zero-order valence-corrected chi connectivity index (χ0v) is 8.09. The number of hydrogen-bond donors (Lipinski definition) is 2. The standard InChI is InChI=1S/C4H12N.C2H4O3.ClH/c1-5(2,3)4;3-1-2(4)5;/h1-4H3;3H,1H2,(H,4,5);1H/q+1;;/p-1. The van der Waals surface area contributed by atoms with Gasteiger partial charge in [-0.2, -0.15) is 0 Å². The molecular weight excluding hydrogens is 170 g/mol. The summed E-state index contributed by atoms with van der Waals surface area (Å²) in [5.41, 5.74) is 0. The fourth-order valence-electron chi connectivity index (χ4n) is 0. The van der Waals surface area contributed by atoms with E-state index in [9.17, 15) is 0 Å². The third kappa shape index (κ3) is 202. The number of quaternary nitrogens is 1. The molecule has 2 N–H and O–H groups in total. The molecule has 0 heterocycles. The summed E-state index contributed by atoms with van der Waals surface area (Å²) in [5.74, 6) is -1.19. The van der Waals surface area contributed by atoms with Gasteiger partial charge in [0.05, 0.1) is 28.2 Å². The van der Waals surface area contributed by atoms with Crippen molar-refractivity contribution < 1.29 is 31.9 Å². The van der Waals surface area contributed by atoms with E-state index in [1.165, 1.54) is 0 Å². The average Bonchev–Trinajstić information content (AvgIpc) is 1.61. The summed E-state index contributed by atoms with van der Waals surface area (Å²) in [7, 11) is 8.50. The maximum Gasteiger partial charge on any atom is 0.329 e. The Morgan fingerprint density at radius 2 is 1.36 bits per heavy atom. The number of carboxylic acid groups (broad SMARTS) is 1. The van der Waals surface area contributed by atoms with E-state index in [0.717, 1.165) is 4.48 Å². The third-order valence-corrected chi connectivity index (χ3v) is 0.135. The second-order valence-corrected chi connectivity index (χ2v) is 3.24. The number of nitrogens with zero attached hydrogens (tertiary/aromatic N) is 1. The van der Waals surface area contributed by atoms with E-state index < -0.39 is 12.6 Å². The second-order valence-electron chi connectivity index (χ2n) is 3.24. The molecule has 70 valence electrons. The van der Waals surface area contributed by atoms with Crippen LogP contribution in [-0.4, -0.2) is 55.5 Å². The molecule has 0 spiro atoms. The monoisotopic (exact) mass is 185 g/mol. The van der Waals surface area contributed by atoms with Gasteiger partial charge in [-0.05, 0) is 0 Å². The summed E-state index contributed by atoms with van der Waals surface area (Å²) in [6, 6.07) is 0. The number of hydrogen-bond acceptors (Lipinski definition) is 2. The molecule has 4 nitrogen and oxygen atoms in total. The topological polar surface area (TPSA) is 57.5 Å². The summed E-state index contributed by atoms with van der Waals surface area (Å²) in [5, 5.41) is 15.0. The highest BCUT2D eigenvalue weighted by atomic mass is 35.5. The molecule has 0 aromatic carbocycles. The minimum absolute atomic E-state index is 0. The van der Waals surface area contributed by atoms with E-state index in [2.05, 4.69) is 28.2 Å². The van der Waals surface area contributed by atoms with Gasteiger partial charge in [-0.15, -0.1) is 0 Å². The Labute approximate surface area is 73.4 Å². The summed E-state index contributed by atoms with van der Waals surface area (Å²) in [6.45, 7) is -0.778. The van der Waals surface area contributed by atoms with Gasteiger partial charge in [0.15, 0.2) is 0 Å². The largest absolute Gasteiger partial charge is 1.00 e. The zero-order valence-electron chi connectivity index (χ0n) is 7.33. The lowest BCUT2D eigenvalue weighted by atomic mass is 10.8. The minimum atomic E-state index is -1.19. The highest BCUT2D eigenvalue weighted by molar-refractivity contribution is 5.67. The molecule has 0 amide bonds. The molecule has 0 atom stereocenters. The number of aliphatic hydroxyl groups excluding tert-OH is 1. The number of halogens is 1. The van der Waals surface area contributed by atoms with E-state index in [4.69, 9.17) is 15.0 Å². The van der Waals surface area contributed by atoms with Gasteiger partial charge in [-0.3, -0.25) is 0 Å². The average molecular weight is 186 g/mol. The molecule has 0 saturated carbocycles.